The topological polar surface area (TPSA) is 25.8 Å². The average Bonchev–Trinajstić information content (AvgIpc) is 2.12. The standard InChI is InChI=1S/C9H7IN2/c1-6-8-5-12-11-4-7(8)2-3-9(6)10/h2-5H,1H3. The van der Waals surface area contributed by atoms with Crippen molar-refractivity contribution in [1.82, 2.24) is 10.2 Å². The molecule has 2 aromatic rings. The van der Waals surface area contributed by atoms with Crippen molar-refractivity contribution in [3.05, 3.63) is 33.7 Å². The summed E-state index contributed by atoms with van der Waals surface area (Å²) in [6.07, 6.45) is 3.60. The van der Waals surface area contributed by atoms with E-state index in [2.05, 4.69) is 51.8 Å². The van der Waals surface area contributed by atoms with Crippen molar-refractivity contribution in [2.24, 2.45) is 0 Å². The van der Waals surface area contributed by atoms with Crippen LogP contribution in [0.15, 0.2) is 24.5 Å². The third-order valence-electron chi connectivity index (χ3n) is 1.93. The molecule has 0 aliphatic heterocycles. The van der Waals surface area contributed by atoms with Crippen molar-refractivity contribution < 1.29 is 0 Å². The zero-order valence-electron chi connectivity index (χ0n) is 6.58. The SMILES string of the molecule is Cc1c(I)ccc2cnncc12. The first-order chi connectivity index (χ1) is 5.79. The van der Waals surface area contributed by atoms with E-state index in [0.29, 0.717) is 0 Å². The Morgan fingerprint density at radius 1 is 1.17 bits per heavy atom. The number of fused-ring (bicyclic) bond motifs is 1. The van der Waals surface area contributed by atoms with E-state index in [1.807, 2.05) is 6.20 Å². The summed E-state index contributed by atoms with van der Waals surface area (Å²) in [7, 11) is 0. The Kier molecular flexibility index (Phi) is 1.96. The van der Waals surface area contributed by atoms with Gasteiger partial charge in [-0.3, -0.25) is 0 Å². The highest BCUT2D eigenvalue weighted by Crippen LogP contribution is 2.20. The number of halogens is 1. The van der Waals surface area contributed by atoms with E-state index in [-0.39, 0.29) is 0 Å². The normalized spacial score (nSPS) is 10.5. The zero-order chi connectivity index (χ0) is 8.55. The molecule has 0 saturated carbocycles. The summed E-state index contributed by atoms with van der Waals surface area (Å²) in [5.41, 5.74) is 1.28. The maximum absolute atomic E-state index is 3.86. The molecule has 0 spiro atoms. The second-order valence-electron chi connectivity index (χ2n) is 2.66. The molecule has 0 unspecified atom stereocenters. The number of rotatable bonds is 0. The van der Waals surface area contributed by atoms with Crippen molar-refractivity contribution in [1.29, 1.82) is 0 Å². The Bertz CT molecular complexity index is 426. The van der Waals surface area contributed by atoms with Gasteiger partial charge in [-0.2, -0.15) is 10.2 Å². The highest BCUT2D eigenvalue weighted by atomic mass is 127. The van der Waals surface area contributed by atoms with Gasteiger partial charge in [-0.05, 0) is 41.1 Å². The monoisotopic (exact) mass is 270 g/mol. The van der Waals surface area contributed by atoms with Gasteiger partial charge in [-0.15, -0.1) is 0 Å². The molecule has 3 heteroatoms. The highest BCUT2D eigenvalue weighted by Gasteiger charge is 1.99. The summed E-state index contributed by atoms with van der Waals surface area (Å²) in [6, 6.07) is 4.17. The minimum absolute atomic E-state index is 1.16. The van der Waals surface area contributed by atoms with Gasteiger partial charge in [0.1, 0.15) is 0 Å². The second-order valence-corrected chi connectivity index (χ2v) is 3.83. The number of hydrogen-bond donors (Lipinski definition) is 0. The average molecular weight is 270 g/mol. The van der Waals surface area contributed by atoms with E-state index in [1.165, 1.54) is 14.5 Å². The van der Waals surface area contributed by atoms with Gasteiger partial charge in [0.2, 0.25) is 0 Å². The van der Waals surface area contributed by atoms with Gasteiger partial charge in [0.25, 0.3) is 0 Å². The van der Waals surface area contributed by atoms with E-state index in [4.69, 9.17) is 0 Å². The van der Waals surface area contributed by atoms with Gasteiger partial charge in [0.15, 0.2) is 0 Å². The maximum atomic E-state index is 3.86. The van der Waals surface area contributed by atoms with Crippen LogP contribution in [0.1, 0.15) is 5.56 Å². The van der Waals surface area contributed by atoms with Crippen LogP contribution in [0.4, 0.5) is 0 Å². The van der Waals surface area contributed by atoms with E-state index in [0.717, 1.165) is 5.39 Å². The Balaban J connectivity index is 2.91. The molecule has 2 rings (SSSR count). The van der Waals surface area contributed by atoms with Crippen LogP contribution in [0.3, 0.4) is 0 Å². The Hall–Kier alpha value is -0.710. The Morgan fingerprint density at radius 2 is 1.92 bits per heavy atom. The third kappa shape index (κ3) is 1.18. The molecule has 0 fully saturated rings. The summed E-state index contributed by atoms with van der Waals surface area (Å²) < 4.78 is 1.27. The first-order valence-electron chi connectivity index (χ1n) is 3.64. The van der Waals surface area contributed by atoms with Crippen molar-refractivity contribution in [3.63, 3.8) is 0 Å². The van der Waals surface area contributed by atoms with Gasteiger partial charge in [0.05, 0.1) is 12.4 Å². The van der Waals surface area contributed by atoms with Crippen LogP contribution in [0.25, 0.3) is 10.8 Å². The minimum atomic E-state index is 1.16. The predicted octanol–water partition coefficient (Wildman–Crippen LogP) is 2.54. The van der Waals surface area contributed by atoms with E-state index in [1.54, 1.807) is 6.20 Å². The van der Waals surface area contributed by atoms with Gasteiger partial charge in [-0.1, -0.05) is 6.07 Å². The van der Waals surface area contributed by atoms with E-state index < -0.39 is 0 Å². The summed E-state index contributed by atoms with van der Waals surface area (Å²) in [5.74, 6) is 0. The molecule has 0 saturated heterocycles. The molecule has 0 amide bonds. The molecule has 1 heterocycles. The van der Waals surface area contributed by atoms with Crippen LogP contribution in [-0.2, 0) is 0 Å². The largest absolute Gasteiger partial charge is 0.158 e. The number of aromatic nitrogens is 2. The molecule has 12 heavy (non-hydrogen) atoms. The number of benzene rings is 1. The molecule has 2 nitrogen and oxygen atoms in total. The summed E-state index contributed by atoms with van der Waals surface area (Å²) in [5, 5.41) is 10.0. The fourth-order valence-electron chi connectivity index (χ4n) is 1.19. The van der Waals surface area contributed by atoms with E-state index >= 15 is 0 Å². The second kappa shape index (κ2) is 2.97. The molecule has 0 aliphatic rings. The van der Waals surface area contributed by atoms with Crippen molar-refractivity contribution in [2.75, 3.05) is 0 Å². The lowest BCUT2D eigenvalue weighted by atomic mass is 10.1. The lowest BCUT2D eigenvalue weighted by molar-refractivity contribution is 1.05. The lowest BCUT2D eigenvalue weighted by Gasteiger charge is -2.01. The third-order valence-corrected chi connectivity index (χ3v) is 3.10. The molecule has 0 aliphatic carbocycles. The number of aryl methyl sites for hydroxylation is 1. The van der Waals surface area contributed by atoms with Crippen LogP contribution in [0.2, 0.25) is 0 Å². The predicted molar refractivity (Wildman–Crippen MR) is 57.0 cm³/mol. The highest BCUT2D eigenvalue weighted by molar-refractivity contribution is 14.1. The van der Waals surface area contributed by atoms with Crippen molar-refractivity contribution in [2.45, 2.75) is 6.92 Å². The summed E-state index contributed by atoms with van der Waals surface area (Å²) in [4.78, 5) is 0. The van der Waals surface area contributed by atoms with Gasteiger partial charge >= 0.3 is 0 Å². The minimum Gasteiger partial charge on any atom is -0.158 e. The fourth-order valence-corrected chi connectivity index (χ4v) is 1.66. The summed E-state index contributed by atoms with van der Waals surface area (Å²) in [6.45, 7) is 2.10. The molecular weight excluding hydrogens is 263 g/mol. The lowest BCUT2D eigenvalue weighted by Crippen LogP contribution is -1.86. The maximum Gasteiger partial charge on any atom is 0.0577 e. The number of nitrogens with zero attached hydrogens (tertiary/aromatic N) is 2. The Morgan fingerprint density at radius 3 is 2.75 bits per heavy atom. The Labute approximate surface area is 84.1 Å². The fraction of sp³-hybridized carbons (Fsp3) is 0.111. The molecule has 0 N–H and O–H groups in total. The van der Waals surface area contributed by atoms with Crippen molar-refractivity contribution in [3.8, 4) is 0 Å². The first kappa shape index (κ1) is 7.91. The molecule has 1 aromatic carbocycles. The molecule has 60 valence electrons. The van der Waals surface area contributed by atoms with Gasteiger partial charge in [0, 0.05) is 14.3 Å². The van der Waals surface area contributed by atoms with Crippen LogP contribution in [-0.4, -0.2) is 10.2 Å². The smallest absolute Gasteiger partial charge is 0.0577 e. The quantitative estimate of drug-likeness (QED) is 0.687. The van der Waals surface area contributed by atoms with Crippen LogP contribution in [0.5, 0.6) is 0 Å². The number of hydrogen-bond acceptors (Lipinski definition) is 2. The molecule has 0 bridgehead atoms. The molecule has 0 atom stereocenters. The molecule has 0 radical (unpaired) electrons. The first-order valence-corrected chi connectivity index (χ1v) is 4.72. The molecule has 1 aromatic heterocycles. The van der Waals surface area contributed by atoms with E-state index in [9.17, 15) is 0 Å². The van der Waals surface area contributed by atoms with Crippen molar-refractivity contribution >= 4 is 33.4 Å². The molecular formula is C9H7IN2. The summed E-state index contributed by atoms with van der Waals surface area (Å²) >= 11 is 2.32. The van der Waals surface area contributed by atoms with Crippen LogP contribution >= 0.6 is 22.6 Å². The van der Waals surface area contributed by atoms with Gasteiger partial charge in [-0.25, -0.2) is 0 Å². The van der Waals surface area contributed by atoms with Crippen LogP contribution in [0, 0.1) is 10.5 Å². The van der Waals surface area contributed by atoms with Crippen LogP contribution < -0.4 is 0 Å². The van der Waals surface area contributed by atoms with Gasteiger partial charge < -0.3 is 0 Å². The zero-order valence-corrected chi connectivity index (χ0v) is 8.74.